The van der Waals surface area contributed by atoms with Crippen LogP contribution in [0.1, 0.15) is 10.4 Å². The molecular formula is C22H23N5O3. The second-order valence-electron chi connectivity index (χ2n) is 6.84. The first kappa shape index (κ1) is 19.5. The number of anilines is 3. The number of esters is 1. The average molecular weight is 405 g/mol. The van der Waals surface area contributed by atoms with Crippen molar-refractivity contribution in [1.29, 1.82) is 0 Å². The number of methoxy groups -OCH3 is 1. The summed E-state index contributed by atoms with van der Waals surface area (Å²) >= 11 is 0. The summed E-state index contributed by atoms with van der Waals surface area (Å²) in [5.74, 6) is 1.07. The maximum atomic E-state index is 11.6. The van der Waals surface area contributed by atoms with Crippen molar-refractivity contribution in [2.45, 2.75) is 0 Å². The number of benzene rings is 2. The van der Waals surface area contributed by atoms with Gasteiger partial charge in [-0.3, -0.25) is 0 Å². The molecule has 4 rings (SSSR count). The second kappa shape index (κ2) is 8.69. The summed E-state index contributed by atoms with van der Waals surface area (Å²) in [4.78, 5) is 24.6. The van der Waals surface area contributed by atoms with Crippen LogP contribution in [-0.4, -0.2) is 49.2 Å². The van der Waals surface area contributed by atoms with Crippen LogP contribution < -0.4 is 20.3 Å². The highest BCUT2D eigenvalue weighted by Crippen LogP contribution is 2.32. The van der Waals surface area contributed by atoms with Gasteiger partial charge in [0.05, 0.1) is 12.7 Å². The average Bonchev–Trinajstić information content (AvgIpc) is 2.81. The number of piperazine rings is 1. The van der Waals surface area contributed by atoms with Crippen molar-refractivity contribution in [3.05, 3.63) is 66.5 Å². The van der Waals surface area contributed by atoms with Gasteiger partial charge in [0.15, 0.2) is 5.82 Å². The van der Waals surface area contributed by atoms with Crippen molar-refractivity contribution in [1.82, 2.24) is 9.97 Å². The van der Waals surface area contributed by atoms with Crippen molar-refractivity contribution in [3.63, 3.8) is 0 Å². The Morgan fingerprint density at radius 1 is 0.933 bits per heavy atom. The molecule has 0 saturated carbocycles. The topological polar surface area (TPSA) is 93.8 Å². The molecule has 1 fully saturated rings. The molecule has 0 aliphatic carbocycles. The van der Waals surface area contributed by atoms with Gasteiger partial charge in [0, 0.05) is 31.9 Å². The monoisotopic (exact) mass is 405 g/mol. The Labute approximate surface area is 174 Å². The lowest BCUT2D eigenvalue weighted by molar-refractivity contribution is 0.0600. The molecule has 8 heteroatoms. The molecule has 0 radical (unpaired) electrons. The van der Waals surface area contributed by atoms with E-state index in [2.05, 4.69) is 31.9 Å². The van der Waals surface area contributed by atoms with E-state index in [0.717, 1.165) is 26.2 Å². The molecule has 8 nitrogen and oxygen atoms in total. The third kappa shape index (κ3) is 4.12. The van der Waals surface area contributed by atoms with E-state index < -0.39 is 5.97 Å². The van der Waals surface area contributed by atoms with Crippen LogP contribution in [-0.2, 0) is 4.74 Å². The van der Waals surface area contributed by atoms with Crippen molar-refractivity contribution >= 4 is 23.2 Å². The molecule has 1 aliphatic heterocycles. The number of nitrogens with two attached hydrogens (primary N) is 1. The number of rotatable bonds is 5. The van der Waals surface area contributed by atoms with Crippen LogP contribution in [0.25, 0.3) is 0 Å². The van der Waals surface area contributed by atoms with E-state index in [9.17, 15) is 4.79 Å². The third-order valence-electron chi connectivity index (χ3n) is 5.02. The Morgan fingerprint density at radius 2 is 1.60 bits per heavy atom. The minimum absolute atomic E-state index is 0.288. The summed E-state index contributed by atoms with van der Waals surface area (Å²) in [6.07, 6.45) is 1.45. The van der Waals surface area contributed by atoms with Crippen molar-refractivity contribution in [3.8, 4) is 11.6 Å². The van der Waals surface area contributed by atoms with Gasteiger partial charge < -0.3 is 25.0 Å². The highest BCUT2D eigenvalue weighted by molar-refractivity contribution is 5.89. The fourth-order valence-corrected chi connectivity index (χ4v) is 3.41. The van der Waals surface area contributed by atoms with Gasteiger partial charge in [0.1, 0.15) is 17.8 Å². The number of ether oxygens (including phenoxy) is 2. The first-order valence-corrected chi connectivity index (χ1v) is 9.67. The molecule has 2 aromatic carbocycles. The SMILES string of the molecule is COC(=O)c1ccc(Oc2ncnc(N3CCN(c4ccccc4)CC3)c2N)cc1. The number of nitrogens with zero attached hydrogens (tertiary/aromatic N) is 4. The third-order valence-corrected chi connectivity index (χ3v) is 5.02. The van der Waals surface area contributed by atoms with E-state index in [1.165, 1.54) is 19.1 Å². The lowest BCUT2D eigenvalue weighted by atomic mass is 10.2. The van der Waals surface area contributed by atoms with Gasteiger partial charge >= 0.3 is 5.97 Å². The maximum absolute atomic E-state index is 11.6. The van der Waals surface area contributed by atoms with Gasteiger partial charge in [0.25, 0.3) is 0 Å². The number of carbonyl (C=O) groups is 1. The van der Waals surface area contributed by atoms with Crippen LogP contribution >= 0.6 is 0 Å². The summed E-state index contributed by atoms with van der Waals surface area (Å²) < 4.78 is 10.5. The van der Waals surface area contributed by atoms with Gasteiger partial charge in [-0.15, -0.1) is 0 Å². The molecule has 2 heterocycles. The number of para-hydroxylation sites is 1. The van der Waals surface area contributed by atoms with Gasteiger partial charge in [-0.25, -0.2) is 9.78 Å². The van der Waals surface area contributed by atoms with Crippen molar-refractivity contribution in [2.75, 3.05) is 48.8 Å². The quantitative estimate of drug-likeness (QED) is 0.648. The summed E-state index contributed by atoms with van der Waals surface area (Å²) in [5, 5.41) is 0. The smallest absolute Gasteiger partial charge is 0.337 e. The molecule has 0 atom stereocenters. The Bertz CT molecular complexity index is 1000. The standard InChI is InChI=1S/C22H23N5O3/c1-29-22(28)16-7-9-18(10-8-16)30-21-19(23)20(24-15-25-21)27-13-11-26(12-14-27)17-5-3-2-4-6-17/h2-10,15H,11-14,23H2,1H3. The predicted molar refractivity (Wildman–Crippen MR) is 115 cm³/mol. The molecule has 0 unspecified atom stereocenters. The van der Waals surface area contributed by atoms with Crippen LogP contribution in [0.3, 0.4) is 0 Å². The number of carbonyl (C=O) groups excluding carboxylic acids is 1. The highest BCUT2D eigenvalue weighted by Gasteiger charge is 2.22. The van der Waals surface area contributed by atoms with E-state index in [-0.39, 0.29) is 5.88 Å². The predicted octanol–water partition coefficient (Wildman–Crippen LogP) is 2.96. The zero-order valence-electron chi connectivity index (χ0n) is 16.7. The van der Waals surface area contributed by atoms with Crippen molar-refractivity contribution < 1.29 is 14.3 Å². The number of hydrogen-bond donors (Lipinski definition) is 1. The second-order valence-corrected chi connectivity index (χ2v) is 6.84. The lowest BCUT2D eigenvalue weighted by Crippen LogP contribution is -2.47. The van der Waals surface area contributed by atoms with E-state index in [1.807, 2.05) is 18.2 Å². The molecule has 2 N–H and O–H groups in total. The summed E-state index contributed by atoms with van der Waals surface area (Å²) in [6, 6.07) is 16.9. The molecular weight excluding hydrogens is 382 g/mol. The lowest BCUT2D eigenvalue weighted by Gasteiger charge is -2.37. The normalized spacial score (nSPS) is 13.8. The fourth-order valence-electron chi connectivity index (χ4n) is 3.41. The molecule has 0 amide bonds. The number of nitrogen functional groups attached to an aromatic ring is 1. The molecule has 154 valence electrons. The zero-order chi connectivity index (χ0) is 20.9. The number of hydrogen-bond acceptors (Lipinski definition) is 8. The molecule has 3 aromatic rings. The number of aromatic nitrogens is 2. The Balaban J connectivity index is 1.45. The Kier molecular flexibility index (Phi) is 5.65. The van der Waals surface area contributed by atoms with E-state index in [1.54, 1.807) is 24.3 Å². The van der Waals surface area contributed by atoms with Crippen LogP contribution in [0.4, 0.5) is 17.2 Å². The first-order valence-electron chi connectivity index (χ1n) is 9.67. The molecule has 0 spiro atoms. The molecule has 1 aromatic heterocycles. The molecule has 30 heavy (non-hydrogen) atoms. The van der Waals surface area contributed by atoms with E-state index in [0.29, 0.717) is 22.8 Å². The van der Waals surface area contributed by atoms with E-state index >= 15 is 0 Å². The van der Waals surface area contributed by atoms with Gasteiger partial charge in [0.2, 0.25) is 5.88 Å². The highest BCUT2D eigenvalue weighted by atomic mass is 16.5. The summed E-state index contributed by atoms with van der Waals surface area (Å²) in [7, 11) is 1.34. The maximum Gasteiger partial charge on any atom is 0.337 e. The van der Waals surface area contributed by atoms with Gasteiger partial charge in [-0.1, -0.05) is 18.2 Å². The van der Waals surface area contributed by atoms with Crippen molar-refractivity contribution in [2.24, 2.45) is 0 Å². The summed E-state index contributed by atoms with van der Waals surface area (Å²) in [6.45, 7) is 3.34. The minimum Gasteiger partial charge on any atom is -0.465 e. The molecule has 1 saturated heterocycles. The zero-order valence-corrected chi connectivity index (χ0v) is 16.7. The summed E-state index contributed by atoms with van der Waals surface area (Å²) in [5.41, 5.74) is 8.38. The Morgan fingerprint density at radius 3 is 2.27 bits per heavy atom. The minimum atomic E-state index is -0.403. The van der Waals surface area contributed by atoms with Crippen LogP contribution in [0.5, 0.6) is 11.6 Å². The van der Waals surface area contributed by atoms with Crippen LogP contribution in [0.2, 0.25) is 0 Å². The van der Waals surface area contributed by atoms with Crippen LogP contribution in [0, 0.1) is 0 Å². The first-order chi connectivity index (χ1) is 14.7. The molecule has 1 aliphatic rings. The largest absolute Gasteiger partial charge is 0.465 e. The van der Waals surface area contributed by atoms with Gasteiger partial charge in [-0.2, -0.15) is 4.98 Å². The molecule has 0 bridgehead atoms. The fraction of sp³-hybridized carbons (Fsp3) is 0.227. The Hall–Kier alpha value is -3.81. The van der Waals surface area contributed by atoms with Crippen LogP contribution in [0.15, 0.2) is 60.9 Å². The van der Waals surface area contributed by atoms with Gasteiger partial charge in [-0.05, 0) is 36.4 Å². The van der Waals surface area contributed by atoms with E-state index in [4.69, 9.17) is 15.2 Å².